The summed E-state index contributed by atoms with van der Waals surface area (Å²) in [5.74, 6) is -0.0164. The van der Waals surface area contributed by atoms with E-state index in [1.807, 2.05) is 36.6 Å². The van der Waals surface area contributed by atoms with Crippen molar-refractivity contribution < 1.29 is 9.53 Å². The van der Waals surface area contributed by atoms with Crippen LogP contribution in [0.3, 0.4) is 0 Å². The average Bonchev–Trinajstić information content (AvgIpc) is 3.04. The Morgan fingerprint density at radius 1 is 1.27 bits per heavy atom. The maximum absolute atomic E-state index is 12.7. The molecule has 0 spiro atoms. The van der Waals surface area contributed by atoms with Crippen molar-refractivity contribution in [2.45, 2.75) is 77.9 Å². The fourth-order valence-electron chi connectivity index (χ4n) is 3.81. The molecule has 0 aliphatic heterocycles. The molecule has 2 heterocycles. The summed E-state index contributed by atoms with van der Waals surface area (Å²) < 4.78 is 7.94. The zero-order chi connectivity index (χ0) is 18.5. The van der Waals surface area contributed by atoms with Gasteiger partial charge in [-0.15, -0.1) is 0 Å². The second-order valence-electron chi connectivity index (χ2n) is 7.49. The second-order valence-corrected chi connectivity index (χ2v) is 7.49. The normalized spacial score (nSPS) is 20.4. The number of nitrogens with one attached hydrogen (secondary N) is 1. The molecule has 5 nitrogen and oxygen atoms in total. The van der Waals surface area contributed by atoms with Crippen molar-refractivity contribution in [2.24, 2.45) is 0 Å². The summed E-state index contributed by atoms with van der Waals surface area (Å²) in [6, 6.07) is 4.13. The van der Waals surface area contributed by atoms with E-state index in [9.17, 15) is 4.79 Å². The molecule has 3 rings (SSSR count). The van der Waals surface area contributed by atoms with Gasteiger partial charge in [0.25, 0.3) is 5.91 Å². The highest BCUT2D eigenvalue weighted by molar-refractivity contribution is 6.00. The van der Waals surface area contributed by atoms with E-state index in [0.717, 1.165) is 55.7 Å². The highest BCUT2D eigenvalue weighted by Crippen LogP contribution is 2.22. The Bertz CT molecular complexity index is 745. The van der Waals surface area contributed by atoms with Crippen molar-refractivity contribution in [3.05, 3.63) is 35.3 Å². The minimum absolute atomic E-state index is 0.0164. The van der Waals surface area contributed by atoms with E-state index in [1.54, 1.807) is 0 Å². The van der Waals surface area contributed by atoms with Gasteiger partial charge in [-0.05, 0) is 58.1 Å². The fraction of sp³-hybridized carbons (Fsp3) is 0.619. The summed E-state index contributed by atoms with van der Waals surface area (Å²) >= 11 is 0. The summed E-state index contributed by atoms with van der Waals surface area (Å²) in [4.78, 5) is 17.3. The molecule has 0 radical (unpaired) electrons. The van der Waals surface area contributed by atoms with Crippen molar-refractivity contribution in [1.29, 1.82) is 0 Å². The Kier molecular flexibility index (Phi) is 6.30. The van der Waals surface area contributed by atoms with Crippen LogP contribution in [0.1, 0.15) is 73.6 Å². The molecule has 142 valence electrons. The first kappa shape index (κ1) is 18.9. The average molecular weight is 357 g/mol. The fourth-order valence-corrected chi connectivity index (χ4v) is 3.81. The molecule has 0 aromatic carbocycles. The molecule has 0 unspecified atom stereocenters. The monoisotopic (exact) mass is 357 g/mol. The molecule has 26 heavy (non-hydrogen) atoms. The van der Waals surface area contributed by atoms with Crippen LogP contribution in [0.2, 0.25) is 0 Å². The molecule has 1 aliphatic rings. The number of carbonyl (C=O) groups is 1. The van der Waals surface area contributed by atoms with Crippen LogP contribution in [0, 0.1) is 13.8 Å². The number of unbranched alkanes of at least 4 members (excludes halogenated alkanes) is 2. The lowest BCUT2D eigenvalue weighted by Gasteiger charge is -2.29. The maximum atomic E-state index is 12.7. The Morgan fingerprint density at radius 3 is 2.77 bits per heavy atom. The lowest BCUT2D eigenvalue weighted by molar-refractivity contribution is 0.0205. The van der Waals surface area contributed by atoms with Gasteiger partial charge in [-0.25, -0.2) is 4.98 Å². The van der Waals surface area contributed by atoms with Crippen molar-refractivity contribution in [1.82, 2.24) is 14.7 Å². The lowest BCUT2D eigenvalue weighted by Crippen LogP contribution is -2.39. The number of aromatic nitrogens is 2. The van der Waals surface area contributed by atoms with Crippen LogP contribution in [0.15, 0.2) is 18.3 Å². The Hall–Kier alpha value is -1.88. The first-order chi connectivity index (χ1) is 12.6. The van der Waals surface area contributed by atoms with E-state index in [2.05, 4.69) is 17.2 Å². The topological polar surface area (TPSA) is 55.6 Å². The molecule has 0 bridgehead atoms. The smallest absolute Gasteiger partial charge is 0.255 e. The first-order valence-electron chi connectivity index (χ1n) is 9.96. The first-order valence-corrected chi connectivity index (χ1v) is 9.96. The van der Waals surface area contributed by atoms with Crippen molar-refractivity contribution in [3.63, 3.8) is 0 Å². The number of hydrogen-bond donors (Lipinski definition) is 1. The SMILES string of the molecule is CCCCCO[C@H]1CC[C@H](NC(=O)c2ccn3c(C)cc(C)nc23)CC1. The number of fused-ring (bicyclic) bond motifs is 1. The summed E-state index contributed by atoms with van der Waals surface area (Å²) in [6.45, 7) is 7.08. The third-order valence-corrected chi connectivity index (χ3v) is 5.29. The van der Waals surface area contributed by atoms with Crippen LogP contribution < -0.4 is 5.32 Å². The Labute approximate surface area is 156 Å². The number of carbonyl (C=O) groups excluding carboxylic acids is 1. The van der Waals surface area contributed by atoms with Crippen molar-refractivity contribution >= 4 is 11.6 Å². The molecule has 1 N–H and O–H groups in total. The van der Waals surface area contributed by atoms with Crippen molar-refractivity contribution in [3.8, 4) is 0 Å². The van der Waals surface area contributed by atoms with Gasteiger partial charge in [-0.1, -0.05) is 19.8 Å². The number of aryl methyl sites for hydroxylation is 2. The zero-order valence-electron chi connectivity index (χ0n) is 16.3. The molecule has 0 saturated heterocycles. The summed E-state index contributed by atoms with van der Waals surface area (Å²) in [5.41, 5.74) is 3.43. The molecule has 2 aromatic rings. The van der Waals surface area contributed by atoms with Gasteiger partial charge in [0, 0.05) is 30.2 Å². The number of nitrogens with zero attached hydrogens (tertiary/aromatic N) is 2. The van der Waals surface area contributed by atoms with Gasteiger partial charge >= 0.3 is 0 Å². The number of ether oxygens (including phenoxy) is 1. The van der Waals surface area contributed by atoms with Gasteiger partial charge in [0.05, 0.1) is 11.7 Å². The summed E-state index contributed by atoms with van der Waals surface area (Å²) in [5, 5.41) is 3.20. The molecule has 1 aliphatic carbocycles. The molecule has 2 aromatic heterocycles. The third kappa shape index (κ3) is 4.44. The van der Waals surface area contributed by atoms with Crippen LogP contribution in [0.5, 0.6) is 0 Å². The van der Waals surface area contributed by atoms with Crippen LogP contribution in [-0.2, 0) is 4.74 Å². The maximum Gasteiger partial charge on any atom is 0.255 e. The van der Waals surface area contributed by atoms with Crippen LogP contribution in [0.4, 0.5) is 0 Å². The van der Waals surface area contributed by atoms with E-state index in [-0.39, 0.29) is 11.9 Å². The van der Waals surface area contributed by atoms with Crippen LogP contribution >= 0.6 is 0 Å². The molecule has 1 amide bonds. The molecular formula is C21H31N3O2. The molecule has 0 atom stereocenters. The summed E-state index contributed by atoms with van der Waals surface area (Å²) in [6.07, 6.45) is 9.95. The molecule has 1 saturated carbocycles. The largest absolute Gasteiger partial charge is 0.378 e. The molecule has 5 heteroatoms. The highest BCUT2D eigenvalue weighted by Gasteiger charge is 2.24. The van der Waals surface area contributed by atoms with Gasteiger partial charge in [-0.2, -0.15) is 0 Å². The third-order valence-electron chi connectivity index (χ3n) is 5.29. The van der Waals surface area contributed by atoms with E-state index >= 15 is 0 Å². The van der Waals surface area contributed by atoms with Gasteiger partial charge < -0.3 is 14.5 Å². The quantitative estimate of drug-likeness (QED) is 0.756. The standard InChI is InChI=1S/C21H31N3O2/c1-4-5-6-13-26-18-9-7-17(8-10-18)23-21(25)19-11-12-24-16(3)14-15(2)22-20(19)24/h11-12,14,17-18H,4-10,13H2,1-3H3,(H,23,25)/t17-,18-. The zero-order valence-corrected chi connectivity index (χ0v) is 16.3. The predicted octanol–water partition coefficient (Wildman–Crippen LogP) is 4.20. The lowest BCUT2D eigenvalue weighted by atomic mass is 9.92. The number of amides is 1. The van der Waals surface area contributed by atoms with E-state index in [1.165, 1.54) is 12.8 Å². The van der Waals surface area contributed by atoms with Crippen LogP contribution in [0.25, 0.3) is 5.65 Å². The van der Waals surface area contributed by atoms with E-state index < -0.39 is 0 Å². The number of hydrogen-bond acceptors (Lipinski definition) is 3. The number of rotatable bonds is 7. The summed E-state index contributed by atoms with van der Waals surface area (Å²) in [7, 11) is 0. The molecular weight excluding hydrogens is 326 g/mol. The van der Waals surface area contributed by atoms with Gasteiger partial charge in [-0.3, -0.25) is 4.79 Å². The van der Waals surface area contributed by atoms with Crippen LogP contribution in [-0.4, -0.2) is 34.0 Å². The van der Waals surface area contributed by atoms with Gasteiger partial charge in [0.15, 0.2) is 0 Å². The van der Waals surface area contributed by atoms with Crippen molar-refractivity contribution in [2.75, 3.05) is 6.61 Å². The predicted molar refractivity (Wildman–Crippen MR) is 104 cm³/mol. The van der Waals surface area contributed by atoms with Gasteiger partial charge in [0.1, 0.15) is 5.65 Å². The molecule has 1 fully saturated rings. The van der Waals surface area contributed by atoms with Gasteiger partial charge in [0.2, 0.25) is 0 Å². The minimum Gasteiger partial charge on any atom is -0.378 e. The Balaban J connectivity index is 1.53. The van der Waals surface area contributed by atoms with E-state index in [4.69, 9.17) is 4.74 Å². The highest BCUT2D eigenvalue weighted by atomic mass is 16.5. The minimum atomic E-state index is -0.0164. The Morgan fingerprint density at radius 2 is 2.04 bits per heavy atom. The van der Waals surface area contributed by atoms with E-state index in [0.29, 0.717) is 11.7 Å². The second kappa shape index (κ2) is 8.67.